The highest BCUT2D eigenvalue weighted by Gasteiger charge is 2.78. The van der Waals surface area contributed by atoms with E-state index in [-0.39, 0.29) is 38.1 Å². The lowest BCUT2D eigenvalue weighted by Gasteiger charge is -2.34. The minimum Gasteiger partial charge on any atom is -0.473 e. The number of ether oxygens (including phenoxy) is 7. The molecule has 7 fully saturated rings. The van der Waals surface area contributed by atoms with Crippen molar-refractivity contribution in [3.05, 3.63) is 60.1 Å². The van der Waals surface area contributed by atoms with Crippen molar-refractivity contribution in [1.82, 2.24) is 0 Å². The number of furan rings is 1. The van der Waals surface area contributed by atoms with Crippen molar-refractivity contribution in [1.29, 1.82) is 0 Å². The number of carbonyl (C=O) groups is 8. The summed E-state index contributed by atoms with van der Waals surface area (Å²) in [7, 11) is 0. The van der Waals surface area contributed by atoms with E-state index in [9.17, 15) is 38.4 Å². The van der Waals surface area contributed by atoms with E-state index >= 15 is 0 Å². The van der Waals surface area contributed by atoms with Crippen LogP contribution in [0, 0.1) is 32.5 Å². The molecule has 7 saturated heterocycles. The first kappa shape index (κ1) is 39.2. The van der Waals surface area contributed by atoms with Gasteiger partial charge in [-0.25, -0.2) is 9.59 Å². The van der Waals surface area contributed by atoms with Gasteiger partial charge in [0.05, 0.1) is 49.2 Å². The first-order valence-electron chi connectivity index (χ1n) is 18.2. The molecule has 0 radical (unpaired) electrons. The maximum absolute atomic E-state index is 11.7. The third kappa shape index (κ3) is 4.75. The van der Waals surface area contributed by atoms with Crippen LogP contribution in [0.1, 0.15) is 69.7 Å². The number of esters is 8. The summed E-state index contributed by atoms with van der Waals surface area (Å²) in [5.41, 5.74) is -3.97. The third-order valence-corrected chi connectivity index (χ3v) is 14.2. The average Bonchev–Trinajstić information content (AvgIpc) is 4.03. The fraction of sp³-hybridized carbons (Fsp3) is 0.550. The summed E-state index contributed by atoms with van der Waals surface area (Å²) < 4.78 is 39.8. The van der Waals surface area contributed by atoms with E-state index in [0.717, 1.165) is 12.8 Å². The summed E-state index contributed by atoms with van der Waals surface area (Å²) in [5, 5.41) is 0. The van der Waals surface area contributed by atoms with Crippen LogP contribution in [0.5, 0.6) is 0 Å². The molecular weight excluding hydrogens is 736 g/mol. The number of fused-ring (bicyclic) bond motifs is 15. The quantitative estimate of drug-likeness (QED) is 0.160. The molecule has 16 heteroatoms. The maximum atomic E-state index is 11.7. The van der Waals surface area contributed by atoms with E-state index in [1.54, 1.807) is 67.9 Å². The predicted octanol–water partition coefficient (Wildman–Crippen LogP) is 3.41. The van der Waals surface area contributed by atoms with Gasteiger partial charge in [0.15, 0.2) is 0 Å². The van der Waals surface area contributed by atoms with Crippen molar-refractivity contribution in [2.45, 2.75) is 105 Å². The first-order chi connectivity index (χ1) is 26.2. The molecule has 0 amide bonds. The molecule has 10 aliphatic heterocycles. The zero-order valence-electron chi connectivity index (χ0n) is 32.0. The highest BCUT2D eigenvalue weighted by molar-refractivity contribution is 6.11. The molecule has 11 rings (SSSR count). The monoisotopic (exact) mass is 780 g/mol. The lowest BCUT2D eigenvalue weighted by atomic mass is 9.59. The van der Waals surface area contributed by atoms with Crippen molar-refractivity contribution in [3.63, 3.8) is 0 Å². The molecule has 12 unspecified atom stereocenters. The molecule has 0 aliphatic carbocycles. The van der Waals surface area contributed by atoms with Gasteiger partial charge in [-0.3, -0.25) is 28.8 Å². The molecule has 11 heterocycles. The molecule has 0 N–H and O–H groups in total. The highest BCUT2D eigenvalue weighted by atomic mass is 16.6. The Hall–Kier alpha value is -5.06. The van der Waals surface area contributed by atoms with Gasteiger partial charge in [-0.15, -0.1) is 0 Å². The Balaban J connectivity index is 0.000000124. The van der Waals surface area contributed by atoms with Crippen LogP contribution in [0.4, 0.5) is 0 Å². The minimum atomic E-state index is -0.830. The molecule has 6 bridgehead atoms. The normalized spacial score (nSPS) is 44.4. The molecule has 0 saturated carbocycles. The second kappa shape index (κ2) is 12.7. The molecule has 56 heavy (non-hydrogen) atoms. The molecular formula is C40H44O16. The van der Waals surface area contributed by atoms with Gasteiger partial charge >= 0.3 is 47.8 Å². The number of cyclic esters (lactones) is 8. The lowest BCUT2D eigenvalue weighted by molar-refractivity contribution is -0.161. The maximum Gasteiger partial charge on any atom is 0.342 e. The van der Waals surface area contributed by atoms with Gasteiger partial charge in [-0.05, 0) is 80.4 Å². The number of hydrogen-bond donors (Lipinski definition) is 0. The van der Waals surface area contributed by atoms with E-state index in [4.69, 9.17) is 28.4 Å². The van der Waals surface area contributed by atoms with Crippen LogP contribution in [0.15, 0.2) is 64.5 Å². The van der Waals surface area contributed by atoms with Crippen molar-refractivity contribution < 1.29 is 77.4 Å². The summed E-state index contributed by atoms with van der Waals surface area (Å²) >= 11 is 0. The molecule has 1 aromatic heterocycles. The smallest absolute Gasteiger partial charge is 0.342 e. The van der Waals surface area contributed by atoms with E-state index in [1.165, 1.54) is 0 Å². The summed E-state index contributed by atoms with van der Waals surface area (Å²) in [4.78, 5) is 90.8. The number of rotatable bonds is 0. The van der Waals surface area contributed by atoms with E-state index in [1.807, 2.05) is 36.4 Å². The SMILES string of the molecule is CC12C(=O)OC(=O)C1(C)C1C=CC2O1.CC12C(=O)OC(=O)C1(C)C1C=CC2O1.CC12C(=O)OC(=O)C1(C)C1CCC2O1.CC1=C(C)C(=O)OC1=O.[HH].c1ccoc1. The first-order valence-corrected chi connectivity index (χ1v) is 18.2. The Bertz CT molecular complexity index is 1850. The average molecular weight is 781 g/mol. The van der Waals surface area contributed by atoms with Crippen LogP contribution >= 0.6 is 0 Å². The van der Waals surface area contributed by atoms with Crippen molar-refractivity contribution in [3.8, 4) is 0 Å². The Morgan fingerprint density at radius 3 is 0.964 bits per heavy atom. The van der Waals surface area contributed by atoms with E-state index < -0.39 is 80.2 Å². The van der Waals surface area contributed by atoms with Crippen LogP contribution in [0.2, 0.25) is 0 Å². The summed E-state index contributed by atoms with van der Waals surface area (Å²) in [6, 6.07) is 3.67. The number of carbonyl (C=O) groups excluding carboxylic acids is 8. The fourth-order valence-electron chi connectivity index (χ4n) is 9.21. The summed E-state index contributed by atoms with van der Waals surface area (Å²) in [6.45, 7) is 13.7. The molecule has 16 nitrogen and oxygen atoms in total. The Labute approximate surface area is 322 Å². The molecule has 12 atom stereocenters. The second-order valence-electron chi connectivity index (χ2n) is 16.4. The van der Waals surface area contributed by atoms with Crippen LogP contribution in [-0.4, -0.2) is 84.4 Å². The van der Waals surface area contributed by atoms with E-state index in [2.05, 4.69) is 9.15 Å². The van der Waals surface area contributed by atoms with Crippen molar-refractivity contribution in [2.75, 3.05) is 0 Å². The second-order valence-corrected chi connectivity index (χ2v) is 16.4. The van der Waals surface area contributed by atoms with Gasteiger partial charge < -0.3 is 37.6 Å². The Morgan fingerprint density at radius 1 is 0.446 bits per heavy atom. The third-order valence-electron chi connectivity index (χ3n) is 14.2. The van der Waals surface area contributed by atoms with Crippen LogP contribution in [0.25, 0.3) is 0 Å². The Kier molecular flexibility index (Phi) is 8.91. The van der Waals surface area contributed by atoms with Gasteiger partial charge in [0.1, 0.15) is 32.5 Å². The molecule has 0 aromatic carbocycles. The van der Waals surface area contributed by atoms with Gasteiger partial charge in [-0.1, -0.05) is 24.3 Å². The lowest BCUT2D eigenvalue weighted by Crippen LogP contribution is -2.48. The zero-order valence-corrected chi connectivity index (χ0v) is 32.0. The summed E-state index contributed by atoms with van der Waals surface area (Å²) in [6.07, 6.45) is 10.8. The molecule has 300 valence electrons. The largest absolute Gasteiger partial charge is 0.473 e. The standard InChI is InChI=1S/C10H12O4.2C10H10O4.C6H6O3.C4H4O.H2/c3*1-9-5-3-4-6(13-5)10(9,2)8(12)14-7(9)11;1-3-4(2)6(8)9-5(3)7;1-2-4-5-3-1;/h5-6H,3-4H2,1-2H3;2*3-6H,1-2H3;1-2H3;1-4H;1H. The van der Waals surface area contributed by atoms with Crippen LogP contribution in [-0.2, 0) is 71.5 Å². The highest BCUT2D eigenvalue weighted by Crippen LogP contribution is 2.64. The van der Waals surface area contributed by atoms with Gasteiger partial charge in [-0.2, -0.15) is 0 Å². The summed E-state index contributed by atoms with van der Waals surface area (Å²) in [5.74, 6) is -3.67. The number of hydrogen-bond acceptors (Lipinski definition) is 16. The van der Waals surface area contributed by atoms with Crippen LogP contribution < -0.4 is 0 Å². The van der Waals surface area contributed by atoms with Gasteiger partial charge in [0.2, 0.25) is 0 Å². The molecule has 10 aliphatic rings. The van der Waals surface area contributed by atoms with Crippen molar-refractivity contribution >= 4 is 47.8 Å². The minimum absolute atomic E-state index is 0. The van der Waals surface area contributed by atoms with E-state index in [0.29, 0.717) is 11.1 Å². The molecule has 1 aromatic rings. The van der Waals surface area contributed by atoms with Gasteiger partial charge in [0.25, 0.3) is 0 Å². The van der Waals surface area contributed by atoms with Crippen molar-refractivity contribution in [2.24, 2.45) is 32.5 Å². The predicted molar refractivity (Wildman–Crippen MR) is 186 cm³/mol. The Morgan fingerprint density at radius 2 is 0.732 bits per heavy atom. The zero-order chi connectivity index (χ0) is 41.0. The van der Waals surface area contributed by atoms with Crippen LogP contribution in [0.3, 0.4) is 0 Å². The molecule has 0 spiro atoms. The topological polar surface area (TPSA) is 214 Å². The van der Waals surface area contributed by atoms with Gasteiger partial charge in [0, 0.05) is 12.6 Å². The fourth-order valence-corrected chi connectivity index (χ4v) is 9.21.